The van der Waals surface area contributed by atoms with Gasteiger partial charge in [0.2, 0.25) is 0 Å². The summed E-state index contributed by atoms with van der Waals surface area (Å²) in [5, 5.41) is 7.42. The van der Waals surface area contributed by atoms with Crippen molar-refractivity contribution >= 4 is 28.7 Å². The summed E-state index contributed by atoms with van der Waals surface area (Å²) in [4.78, 5) is 9.00. The van der Waals surface area contributed by atoms with Crippen molar-refractivity contribution in [2.75, 3.05) is 0 Å². The number of carbonyl (C=O) groups is 1. The molecular formula is C5H13O2Pb. The second-order valence-corrected chi connectivity index (χ2v) is 13.7. The van der Waals surface area contributed by atoms with Gasteiger partial charge in [0.1, 0.15) is 0 Å². The van der Waals surface area contributed by atoms with E-state index in [2.05, 4.69) is 13.4 Å². The fourth-order valence-electron chi connectivity index (χ4n) is 0. The maximum absolute atomic E-state index is 9.00. The normalized spacial score (nSPS) is 7.62. The van der Waals surface area contributed by atoms with Crippen LogP contribution in [0.4, 0.5) is 0 Å². The average molecular weight is 312 g/mol. The molecule has 49 valence electrons. The van der Waals surface area contributed by atoms with Gasteiger partial charge in [0.25, 0.3) is 5.97 Å². The van der Waals surface area contributed by atoms with E-state index in [1.54, 1.807) is 0 Å². The molecule has 0 bridgehead atoms. The van der Waals surface area contributed by atoms with Crippen LogP contribution in [-0.2, 0) is 4.79 Å². The van der Waals surface area contributed by atoms with Gasteiger partial charge in [-0.15, -0.1) is 0 Å². The number of carboxylic acid groups (broad SMARTS) is 1. The molecule has 8 heavy (non-hydrogen) atoms. The standard InChI is InChI=1S/C2H4O2.3CH3.Pb/c1-2(3)4;;;;/h1H3,(H,3,4);3*1H3;. The Kier molecular flexibility index (Phi) is 10.4. The molecule has 2 nitrogen and oxygen atoms in total. The molecule has 0 amide bonds. The summed E-state index contributed by atoms with van der Waals surface area (Å²) in [6.07, 6.45) is 0. The molecular weight excluding hydrogens is 299 g/mol. The molecule has 0 saturated carbocycles. The summed E-state index contributed by atoms with van der Waals surface area (Å²) >= 11 is -0.657. The molecule has 1 N–H and O–H groups in total. The summed E-state index contributed by atoms with van der Waals surface area (Å²) in [6, 6.07) is 0. The van der Waals surface area contributed by atoms with Crippen LogP contribution >= 0.6 is 0 Å². The van der Waals surface area contributed by atoms with Crippen LogP contribution in [0, 0.1) is 0 Å². The van der Waals surface area contributed by atoms with Gasteiger partial charge in [0.15, 0.2) is 0 Å². The summed E-state index contributed by atoms with van der Waals surface area (Å²) in [6.45, 7) is 1.08. The Morgan fingerprint density at radius 3 is 1.38 bits per heavy atom. The van der Waals surface area contributed by atoms with Gasteiger partial charge in [-0.3, -0.25) is 4.79 Å². The van der Waals surface area contributed by atoms with Gasteiger partial charge >= 0.3 is 36.2 Å². The van der Waals surface area contributed by atoms with Crippen molar-refractivity contribution in [2.45, 2.75) is 20.4 Å². The molecule has 0 aromatic rings. The molecule has 0 spiro atoms. The molecule has 0 fully saturated rings. The predicted octanol–water partition coefficient (Wildman–Crippen LogP) is 1.46. The van der Waals surface area contributed by atoms with Crippen LogP contribution in [0.15, 0.2) is 0 Å². The van der Waals surface area contributed by atoms with Crippen LogP contribution < -0.4 is 0 Å². The third-order valence-corrected chi connectivity index (χ3v) is 0. The molecule has 0 aliphatic heterocycles. The van der Waals surface area contributed by atoms with E-state index in [1.807, 2.05) is 0 Å². The molecule has 0 rings (SSSR count). The van der Waals surface area contributed by atoms with E-state index >= 15 is 0 Å². The van der Waals surface area contributed by atoms with E-state index in [0.717, 1.165) is 6.92 Å². The fourth-order valence-corrected chi connectivity index (χ4v) is 0. The van der Waals surface area contributed by atoms with Crippen molar-refractivity contribution in [1.82, 2.24) is 0 Å². The molecule has 0 aromatic carbocycles. The Balaban J connectivity index is 0. The van der Waals surface area contributed by atoms with Crippen molar-refractivity contribution in [1.29, 1.82) is 0 Å². The van der Waals surface area contributed by atoms with Crippen LogP contribution in [0.5, 0.6) is 0 Å². The Morgan fingerprint density at radius 2 is 1.38 bits per heavy atom. The average Bonchev–Trinajstić information content (AvgIpc) is 1.25. The van der Waals surface area contributed by atoms with E-state index in [-0.39, 0.29) is 0 Å². The van der Waals surface area contributed by atoms with Crippen LogP contribution in [0.3, 0.4) is 0 Å². The first kappa shape index (κ1) is 11.2. The molecule has 1 radical (unpaired) electrons. The molecule has 0 aromatic heterocycles. The first-order chi connectivity index (χ1) is 3.46. The van der Waals surface area contributed by atoms with Gasteiger partial charge in [0, 0.05) is 6.92 Å². The van der Waals surface area contributed by atoms with Crippen LogP contribution in [0.2, 0.25) is 13.4 Å². The Labute approximate surface area is 59.0 Å². The molecule has 0 unspecified atom stereocenters. The van der Waals surface area contributed by atoms with Crippen molar-refractivity contribution in [3.8, 4) is 0 Å². The van der Waals surface area contributed by atoms with Crippen molar-refractivity contribution < 1.29 is 9.90 Å². The van der Waals surface area contributed by atoms with Crippen LogP contribution in [0.25, 0.3) is 0 Å². The van der Waals surface area contributed by atoms with E-state index in [9.17, 15) is 0 Å². The Hall–Kier alpha value is 0.392. The molecule has 0 atom stereocenters. The third kappa shape index (κ3) is 1210. The van der Waals surface area contributed by atoms with Crippen molar-refractivity contribution in [3.05, 3.63) is 0 Å². The minimum absolute atomic E-state index is 0.657. The van der Waals surface area contributed by atoms with Crippen molar-refractivity contribution in [2.24, 2.45) is 0 Å². The summed E-state index contributed by atoms with van der Waals surface area (Å²) in [5.41, 5.74) is 0. The SMILES string of the molecule is CC(=O)O.[CH3][Pb]([CH3])[CH3]. The first-order valence-electron chi connectivity index (χ1n) is 2.43. The van der Waals surface area contributed by atoms with E-state index in [1.165, 1.54) is 0 Å². The first-order valence-corrected chi connectivity index (χ1v) is 14.1. The molecule has 0 saturated heterocycles. The Morgan fingerprint density at radius 1 is 1.38 bits per heavy atom. The van der Waals surface area contributed by atoms with E-state index < -0.39 is 28.7 Å². The zero-order valence-corrected chi connectivity index (χ0v) is 9.74. The summed E-state index contributed by atoms with van der Waals surface area (Å²) in [5.74, 6) is -0.833. The van der Waals surface area contributed by atoms with Crippen LogP contribution in [0.1, 0.15) is 6.92 Å². The zero-order chi connectivity index (χ0) is 7.15. The predicted molar refractivity (Wildman–Crippen MR) is 36.7 cm³/mol. The summed E-state index contributed by atoms with van der Waals surface area (Å²) < 4.78 is 7.14. The monoisotopic (exact) mass is 313 g/mol. The number of rotatable bonds is 0. The number of carboxylic acids is 1. The number of hydrogen-bond donors (Lipinski definition) is 1. The molecule has 3 heteroatoms. The van der Waals surface area contributed by atoms with Gasteiger partial charge in [-0.2, -0.15) is 0 Å². The molecule has 0 heterocycles. The maximum atomic E-state index is 9.00. The van der Waals surface area contributed by atoms with Gasteiger partial charge in [0.05, 0.1) is 0 Å². The van der Waals surface area contributed by atoms with E-state index in [0.29, 0.717) is 0 Å². The van der Waals surface area contributed by atoms with Crippen LogP contribution in [-0.4, -0.2) is 33.8 Å². The van der Waals surface area contributed by atoms with Gasteiger partial charge in [-0.05, 0) is 0 Å². The Bertz CT molecular complexity index is 54.7. The zero-order valence-electron chi connectivity index (χ0n) is 5.86. The van der Waals surface area contributed by atoms with E-state index in [4.69, 9.17) is 9.90 Å². The van der Waals surface area contributed by atoms with Gasteiger partial charge in [-0.25, -0.2) is 0 Å². The topological polar surface area (TPSA) is 37.3 Å². The third-order valence-electron chi connectivity index (χ3n) is 0. The summed E-state index contributed by atoms with van der Waals surface area (Å²) in [7, 11) is 0. The van der Waals surface area contributed by atoms with Gasteiger partial charge in [-0.1, -0.05) is 0 Å². The molecule has 0 aliphatic rings. The van der Waals surface area contributed by atoms with Crippen molar-refractivity contribution in [3.63, 3.8) is 0 Å². The van der Waals surface area contributed by atoms with Gasteiger partial charge < -0.3 is 5.11 Å². The number of hydrogen-bond acceptors (Lipinski definition) is 1. The second-order valence-electron chi connectivity index (χ2n) is 2.02. The fraction of sp³-hybridized carbons (Fsp3) is 0.800. The minimum atomic E-state index is -0.833. The molecule has 0 aliphatic carbocycles. The second kappa shape index (κ2) is 7.39. The quantitative estimate of drug-likeness (QED) is 0.688. The number of aliphatic carboxylic acids is 1.